The number of carbonyl (C=O) groups excluding carboxylic acids is 2. The lowest BCUT2D eigenvalue weighted by molar-refractivity contribution is 0.0174. The van der Waals surface area contributed by atoms with Gasteiger partial charge in [0, 0.05) is 37.4 Å². The molecule has 3 heterocycles. The molecule has 0 saturated carbocycles. The van der Waals surface area contributed by atoms with Crippen molar-refractivity contribution < 1.29 is 14.3 Å². The molecule has 9 nitrogen and oxygen atoms in total. The first-order chi connectivity index (χ1) is 17.5. The minimum Gasteiger partial charge on any atom is -0.444 e. The van der Waals surface area contributed by atoms with E-state index in [-0.39, 0.29) is 12.1 Å². The molecule has 0 unspecified atom stereocenters. The monoisotopic (exact) mass is 538 g/mol. The third-order valence-electron chi connectivity index (χ3n) is 5.51. The van der Waals surface area contributed by atoms with E-state index < -0.39 is 5.60 Å². The fourth-order valence-corrected chi connectivity index (χ4v) is 5.06. The number of hydrogen-bond acceptors (Lipinski definition) is 7. The van der Waals surface area contributed by atoms with Crippen molar-refractivity contribution in [3.63, 3.8) is 0 Å². The average Bonchev–Trinajstić information content (AvgIpc) is 3.26. The van der Waals surface area contributed by atoms with Gasteiger partial charge in [-0.05, 0) is 57.5 Å². The number of thiazole rings is 1. The second-order valence-corrected chi connectivity index (χ2v) is 11.0. The van der Waals surface area contributed by atoms with Gasteiger partial charge in [0.05, 0.1) is 22.2 Å². The van der Waals surface area contributed by atoms with E-state index in [1.54, 1.807) is 34.1 Å². The number of piperazine rings is 1. The van der Waals surface area contributed by atoms with Gasteiger partial charge in [0.25, 0.3) is 0 Å². The van der Waals surface area contributed by atoms with E-state index in [4.69, 9.17) is 21.3 Å². The molecular formula is C26H27ClN6O3S. The van der Waals surface area contributed by atoms with Crippen molar-refractivity contribution in [3.8, 4) is 27.8 Å². The molecule has 1 aromatic carbocycles. The predicted octanol–water partition coefficient (Wildman–Crippen LogP) is 5.79. The summed E-state index contributed by atoms with van der Waals surface area (Å²) in [4.78, 5) is 38.4. The van der Waals surface area contributed by atoms with Crippen LogP contribution in [-0.2, 0) is 4.74 Å². The number of pyridine rings is 1. The Morgan fingerprint density at radius 2 is 1.78 bits per heavy atom. The number of aryl methyl sites for hydroxylation is 1. The lowest BCUT2D eigenvalue weighted by atomic mass is 10.1. The highest BCUT2D eigenvalue weighted by atomic mass is 35.5. The highest BCUT2D eigenvalue weighted by Crippen LogP contribution is 2.40. The first-order valence-electron chi connectivity index (χ1n) is 11.7. The van der Waals surface area contributed by atoms with Gasteiger partial charge in [0.2, 0.25) is 0 Å². The zero-order valence-corrected chi connectivity index (χ0v) is 22.6. The Balaban J connectivity index is 1.55. The van der Waals surface area contributed by atoms with Crippen LogP contribution in [0.2, 0.25) is 5.15 Å². The van der Waals surface area contributed by atoms with Crippen LogP contribution < -0.4 is 5.32 Å². The number of nitrogens with zero attached hydrogens (tertiary/aromatic N) is 5. The molecule has 11 heteroatoms. The summed E-state index contributed by atoms with van der Waals surface area (Å²) in [5.74, 6) is 0. The first-order valence-corrected chi connectivity index (χ1v) is 12.9. The van der Waals surface area contributed by atoms with Crippen molar-refractivity contribution in [1.29, 1.82) is 5.26 Å². The number of ether oxygens (including phenoxy) is 1. The van der Waals surface area contributed by atoms with Crippen molar-refractivity contribution in [1.82, 2.24) is 19.8 Å². The number of hydrogen-bond donors (Lipinski definition) is 1. The molecule has 3 amide bonds. The minimum atomic E-state index is -0.573. The summed E-state index contributed by atoms with van der Waals surface area (Å²) in [5.41, 5.74) is 2.89. The number of aromatic nitrogens is 2. The van der Waals surface area contributed by atoms with Gasteiger partial charge in [0.15, 0.2) is 5.13 Å². The summed E-state index contributed by atoms with van der Waals surface area (Å²) in [5, 5.41) is 13.0. The Morgan fingerprint density at radius 1 is 1.08 bits per heavy atom. The Labute approximate surface area is 224 Å². The van der Waals surface area contributed by atoms with Gasteiger partial charge in [-0.25, -0.2) is 19.6 Å². The van der Waals surface area contributed by atoms with Crippen LogP contribution in [0.5, 0.6) is 0 Å². The van der Waals surface area contributed by atoms with E-state index in [1.807, 2.05) is 39.8 Å². The third-order valence-corrected chi connectivity index (χ3v) is 6.72. The van der Waals surface area contributed by atoms with Crippen LogP contribution in [-0.4, -0.2) is 63.7 Å². The van der Waals surface area contributed by atoms with Crippen molar-refractivity contribution in [3.05, 3.63) is 52.8 Å². The fraction of sp³-hybridized carbons (Fsp3) is 0.346. The van der Waals surface area contributed by atoms with Crippen molar-refractivity contribution in [2.75, 3.05) is 31.5 Å². The lowest BCUT2D eigenvalue weighted by Crippen LogP contribution is -2.52. The van der Waals surface area contributed by atoms with E-state index in [9.17, 15) is 14.9 Å². The van der Waals surface area contributed by atoms with Gasteiger partial charge in [-0.15, -0.1) is 0 Å². The Morgan fingerprint density at radius 3 is 2.43 bits per heavy atom. The number of anilines is 1. The Hall–Kier alpha value is -3.68. The maximum atomic E-state index is 13.0. The summed E-state index contributed by atoms with van der Waals surface area (Å²) in [6, 6.07) is 12.7. The van der Waals surface area contributed by atoms with Crippen LogP contribution in [0.1, 0.15) is 32.0 Å². The largest absolute Gasteiger partial charge is 0.444 e. The van der Waals surface area contributed by atoms with E-state index in [0.29, 0.717) is 47.7 Å². The molecule has 4 rings (SSSR count). The average molecular weight is 539 g/mol. The standard InChI is InChI=1S/C26H27ClN6O3S/c1-16-12-19(14-20(27)29-16)22-21(18-7-5-6-17(13-18)15-28)30-23(37-22)31-24(34)32-8-10-33(11-9-32)25(35)36-26(2,3)4/h5-7,12-14H,8-11H2,1-4H3,(H,30,31,34). The van der Waals surface area contributed by atoms with Gasteiger partial charge in [-0.3, -0.25) is 5.32 Å². The molecule has 2 aromatic heterocycles. The predicted molar refractivity (Wildman–Crippen MR) is 144 cm³/mol. The van der Waals surface area contributed by atoms with Gasteiger partial charge in [0.1, 0.15) is 10.8 Å². The van der Waals surface area contributed by atoms with E-state index in [1.165, 1.54) is 11.3 Å². The minimum absolute atomic E-state index is 0.301. The summed E-state index contributed by atoms with van der Waals surface area (Å²) >= 11 is 7.54. The summed E-state index contributed by atoms with van der Waals surface area (Å²) in [6.45, 7) is 8.83. The lowest BCUT2D eigenvalue weighted by Gasteiger charge is -2.35. The van der Waals surface area contributed by atoms with E-state index in [0.717, 1.165) is 21.7 Å². The molecule has 3 aromatic rings. The molecular weight excluding hydrogens is 512 g/mol. The molecule has 0 aliphatic carbocycles. The Bertz CT molecular complexity index is 1350. The van der Waals surface area contributed by atoms with Crippen LogP contribution in [0.25, 0.3) is 21.7 Å². The van der Waals surface area contributed by atoms with E-state index >= 15 is 0 Å². The van der Waals surface area contributed by atoms with Gasteiger partial charge in [-0.2, -0.15) is 5.26 Å². The maximum absolute atomic E-state index is 13.0. The zero-order valence-electron chi connectivity index (χ0n) is 21.0. The molecule has 0 atom stereocenters. The topological polar surface area (TPSA) is 111 Å². The van der Waals surface area contributed by atoms with Crippen molar-refractivity contribution in [2.45, 2.75) is 33.3 Å². The fourth-order valence-electron chi connectivity index (χ4n) is 3.85. The van der Waals surface area contributed by atoms with Crippen LogP contribution in [0, 0.1) is 18.3 Å². The molecule has 1 N–H and O–H groups in total. The quantitative estimate of drug-likeness (QED) is 0.422. The molecule has 37 heavy (non-hydrogen) atoms. The molecule has 0 bridgehead atoms. The van der Waals surface area contributed by atoms with Crippen molar-refractivity contribution in [2.24, 2.45) is 0 Å². The number of nitriles is 1. The first kappa shape index (κ1) is 26.4. The van der Waals surface area contributed by atoms with Crippen LogP contribution in [0.4, 0.5) is 14.7 Å². The van der Waals surface area contributed by atoms with Gasteiger partial charge >= 0.3 is 12.1 Å². The molecule has 1 aliphatic heterocycles. The number of halogens is 1. The second kappa shape index (κ2) is 10.7. The number of nitrogens with one attached hydrogen (secondary N) is 1. The summed E-state index contributed by atoms with van der Waals surface area (Å²) in [7, 11) is 0. The number of rotatable bonds is 3. The van der Waals surface area contributed by atoms with Crippen LogP contribution in [0.15, 0.2) is 36.4 Å². The van der Waals surface area contributed by atoms with Crippen LogP contribution in [0.3, 0.4) is 0 Å². The highest BCUT2D eigenvalue weighted by molar-refractivity contribution is 7.19. The SMILES string of the molecule is Cc1cc(-c2sc(NC(=O)N3CCN(C(=O)OC(C)(C)C)CC3)nc2-c2cccc(C#N)c2)cc(Cl)n1. The van der Waals surface area contributed by atoms with Crippen molar-refractivity contribution >= 4 is 40.2 Å². The van der Waals surface area contributed by atoms with Crippen LogP contribution >= 0.6 is 22.9 Å². The summed E-state index contributed by atoms with van der Waals surface area (Å²) < 4.78 is 5.43. The molecule has 1 fully saturated rings. The maximum Gasteiger partial charge on any atom is 0.410 e. The number of carbonyl (C=O) groups is 2. The normalized spacial score (nSPS) is 13.7. The highest BCUT2D eigenvalue weighted by Gasteiger charge is 2.28. The Kier molecular flexibility index (Phi) is 7.66. The molecule has 192 valence electrons. The smallest absolute Gasteiger partial charge is 0.410 e. The number of benzene rings is 1. The zero-order chi connectivity index (χ0) is 26.7. The third kappa shape index (κ3) is 6.56. The summed E-state index contributed by atoms with van der Waals surface area (Å²) in [6.07, 6.45) is -0.382. The molecule has 1 aliphatic rings. The second-order valence-electron chi connectivity index (χ2n) is 9.59. The number of amides is 3. The van der Waals surface area contributed by atoms with E-state index in [2.05, 4.69) is 16.4 Å². The molecule has 0 spiro atoms. The van der Waals surface area contributed by atoms with Gasteiger partial charge < -0.3 is 14.5 Å². The molecule has 1 saturated heterocycles. The van der Waals surface area contributed by atoms with Gasteiger partial charge in [-0.1, -0.05) is 35.1 Å². The molecule has 0 radical (unpaired) electrons. The number of urea groups is 1.